The van der Waals surface area contributed by atoms with Crippen molar-refractivity contribution in [1.29, 1.82) is 0 Å². The van der Waals surface area contributed by atoms with Crippen molar-refractivity contribution >= 4 is 11.8 Å². The number of benzene rings is 1. The van der Waals surface area contributed by atoms with E-state index in [1.165, 1.54) is 12.8 Å². The molecule has 0 unspecified atom stereocenters. The third kappa shape index (κ3) is 4.53. The van der Waals surface area contributed by atoms with Gasteiger partial charge >= 0.3 is 0 Å². The van der Waals surface area contributed by atoms with Gasteiger partial charge in [0.15, 0.2) is 0 Å². The average molecular weight is 342 g/mol. The summed E-state index contributed by atoms with van der Waals surface area (Å²) in [4.78, 5) is 10.7. The van der Waals surface area contributed by atoms with Crippen LogP contribution in [0.3, 0.4) is 0 Å². The van der Waals surface area contributed by atoms with Gasteiger partial charge in [-0.05, 0) is 43.9 Å². The molecule has 134 valence electrons. The highest BCUT2D eigenvalue weighted by Crippen LogP contribution is 2.30. The van der Waals surface area contributed by atoms with E-state index in [1.807, 2.05) is 43.3 Å². The number of methoxy groups -OCH3 is 1. The van der Waals surface area contributed by atoms with Crippen molar-refractivity contribution in [3.8, 4) is 11.5 Å². The molecule has 1 saturated carbocycles. The first-order chi connectivity index (χ1) is 12.2. The Morgan fingerprint density at radius 1 is 1.20 bits per heavy atom. The maximum Gasteiger partial charge on any atom is 0.224 e. The predicted octanol–water partition coefficient (Wildman–Crippen LogP) is 3.48. The Balaban J connectivity index is 1.73. The Morgan fingerprint density at radius 2 is 2.00 bits per heavy atom. The largest absolute Gasteiger partial charge is 0.497 e. The van der Waals surface area contributed by atoms with Gasteiger partial charge < -0.3 is 19.7 Å². The molecule has 1 aromatic heterocycles. The van der Waals surface area contributed by atoms with Crippen molar-refractivity contribution in [2.75, 3.05) is 31.4 Å². The number of nitrogens with zero attached hydrogens (tertiary/aromatic N) is 3. The molecule has 1 aliphatic carbocycles. The Labute approximate surface area is 149 Å². The predicted molar refractivity (Wildman–Crippen MR) is 99.6 cm³/mol. The minimum Gasteiger partial charge on any atom is -0.497 e. The summed E-state index contributed by atoms with van der Waals surface area (Å²) in [6, 6.07) is 7.83. The minimum atomic E-state index is 0.305. The van der Waals surface area contributed by atoms with Crippen LogP contribution in [0.2, 0.25) is 0 Å². The van der Waals surface area contributed by atoms with Crippen molar-refractivity contribution in [2.45, 2.75) is 38.3 Å². The quantitative estimate of drug-likeness (QED) is 0.831. The summed E-state index contributed by atoms with van der Waals surface area (Å²) in [6.07, 6.45) is 6.80. The van der Waals surface area contributed by atoms with Crippen molar-refractivity contribution in [2.24, 2.45) is 0 Å². The van der Waals surface area contributed by atoms with Gasteiger partial charge in [0, 0.05) is 38.5 Å². The topological polar surface area (TPSA) is 59.5 Å². The SMILES string of the molecule is COc1ccc(CNc2nccc(N(C)C)n2)c(OC2CCCC2)c1. The van der Waals surface area contributed by atoms with Gasteiger partial charge in [0.05, 0.1) is 13.2 Å². The van der Waals surface area contributed by atoms with Crippen LogP contribution in [0.25, 0.3) is 0 Å². The smallest absolute Gasteiger partial charge is 0.224 e. The molecule has 3 rings (SSSR count). The van der Waals surface area contributed by atoms with Crippen LogP contribution in [0, 0.1) is 0 Å². The Kier molecular flexibility index (Phi) is 5.58. The molecule has 0 bridgehead atoms. The highest BCUT2D eigenvalue weighted by molar-refractivity contribution is 5.44. The first kappa shape index (κ1) is 17.3. The van der Waals surface area contributed by atoms with E-state index in [4.69, 9.17) is 9.47 Å². The van der Waals surface area contributed by atoms with Crippen molar-refractivity contribution in [1.82, 2.24) is 9.97 Å². The number of hydrogen-bond donors (Lipinski definition) is 1. The highest BCUT2D eigenvalue weighted by Gasteiger charge is 2.18. The van der Waals surface area contributed by atoms with Crippen LogP contribution in [-0.4, -0.2) is 37.3 Å². The van der Waals surface area contributed by atoms with Gasteiger partial charge in [-0.2, -0.15) is 4.98 Å². The van der Waals surface area contributed by atoms with Gasteiger partial charge in [-0.3, -0.25) is 0 Å². The molecule has 0 atom stereocenters. The highest BCUT2D eigenvalue weighted by atomic mass is 16.5. The first-order valence-electron chi connectivity index (χ1n) is 8.73. The van der Waals surface area contributed by atoms with Crippen LogP contribution in [-0.2, 0) is 6.54 Å². The van der Waals surface area contributed by atoms with Crippen LogP contribution in [0.5, 0.6) is 11.5 Å². The molecule has 6 heteroatoms. The second kappa shape index (κ2) is 8.05. The van der Waals surface area contributed by atoms with Crippen molar-refractivity contribution < 1.29 is 9.47 Å². The molecule has 0 spiro atoms. The van der Waals surface area contributed by atoms with E-state index in [-0.39, 0.29) is 0 Å². The zero-order valence-corrected chi connectivity index (χ0v) is 15.2. The maximum atomic E-state index is 6.23. The second-order valence-electron chi connectivity index (χ2n) is 6.48. The Bertz CT molecular complexity index is 700. The zero-order chi connectivity index (χ0) is 17.6. The van der Waals surface area contributed by atoms with Gasteiger partial charge in [-0.15, -0.1) is 0 Å². The fourth-order valence-corrected chi connectivity index (χ4v) is 2.96. The number of hydrogen-bond acceptors (Lipinski definition) is 6. The van der Waals surface area contributed by atoms with Crippen LogP contribution in [0.1, 0.15) is 31.2 Å². The first-order valence-corrected chi connectivity index (χ1v) is 8.73. The van der Waals surface area contributed by atoms with Crippen LogP contribution >= 0.6 is 0 Å². The summed E-state index contributed by atoms with van der Waals surface area (Å²) in [7, 11) is 5.60. The van der Waals surface area contributed by atoms with Gasteiger partial charge in [0.2, 0.25) is 5.95 Å². The summed E-state index contributed by atoms with van der Waals surface area (Å²) >= 11 is 0. The standard InChI is InChI=1S/C19H26N4O2/c1-23(2)18-10-11-20-19(22-18)21-13-14-8-9-16(24-3)12-17(14)25-15-6-4-5-7-15/h8-12,15H,4-7,13H2,1-3H3,(H,20,21,22). The summed E-state index contributed by atoms with van der Waals surface area (Å²) in [5.74, 6) is 3.16. The molecule has 1 fully saturated rings. The molecule has 0 amide bonds. The molecule has 0 aliphatic heterocycles. The summed E-state index contributed by atoms with van der Waals surface area (Å²) < 4.78 is 11.6. The van der Waals surface area contributed by atoms with E-state index in [2.05, 4.69) is 15.3 Å². The van der Waals surface area contributed by atoms with Crippen molar-refractivity contribution in [3.63, 3.8) is 0 Å². The van der Waals surface area contributed by atoms with Crippen molar-refractivity contribution in [3.05, 3.63) is 36.0 Å². The van der Waals surface area contributed by atoms with Gasteiger partial charge in [-0.25, -0.2) is 4.98 Å². The molecule has 2 aromatic rings. The van der Waals surface area contributed by atoms with Gasteiger partial charge in [0.25, 0.3) is 0 Å². The molecule has 0 radical (unpaired) electrons. The monoisotopic (exact) mass is 342 g/mol. The van der Waals surface area contributed by atoms with Crippen LogP contribution in [0.15, 0.2) is 30.5 Å². The summed E-state index contributed by atoms with van der Waals surface area (Å²) in [6.45, 7) is 0.600. The van der Waals surface area contributed by atoms with E-state index in [9.17, 15) is 0 Å². The van der Waals surface area contributed by atoms with Crippen LogP contribution < -0.4 is 19.7 Å². The zero-order valence-electron chi connectivity index (χ0n) is 15.2. The van der Waals surface area contributed by atoms with Gasteiger partial charge in [-0.1, -0.05) is 0 Å². The summed E-state index contributed by atoms with van der Waals surface area (Å²) in [5, 5.41) is 3.29. The number of nitrogens with one attached hydrogen (secondary N) is 1. The number of ether oxygens (including phenoxy) is 2. The van der Waals surface area contributed by atoms with Gasteiger partial charge in [0.1, 0.15) is 17.3 Å². The lowest BCUT2D eigenvalue weighted by atomic mass is 10.2. The van der Waals surface area contributed by atoms with E-state index < -0.39 is 0 Å². The normalized spacial score (nSPS) is 14.4. The fourth-order valence-electron chi connectivity index (χ4n) is 2.96. The maximum absolute atomic E-state index is 6.23. The van der Waals surface area contributed by atoms with E-state index in [0.717, 1.165) is 35.7 Å². The minimum absolute atomic E-state index is 0.305. The lowest BCUT2D eigenvalue weighted by Crippen LogP contribution is -2.14. The third-order valence-corrected chi connectivity index (χ3v) is 4.41. The molecule has 1 heterocycles. The second-order valence-corrected chi connectivity index (χ2v) is 6.48. The number of aromatic nitrogens is 2. The Morgan fingerprint density at radius 3 is 2.72 bits per heavy atom. The molecular weight excluding hydrogens is 316 g/mol. The molecule has 1 aromatic carbocycles. The molecule has 25 heavy (non-hydrogen) atoms. The molecule has 1 aliphatic rings. The number of rotatable bonds is 7. The molecule has 0 saturated heterocycles. The number of anilines is 2. The van der Waals surface area contributed by atoms with E-state index in [1.54, 1.807) is 13.3 Å². The Hall–Kier alpha value is -2.50. The van der Waals surface area contributed by atoms with E-state index >= 15 is 0 Å². The molecular formula is C19H26N4O2. The fraction of sp³-hybridized carbons (Fsp3) is 0.474. The molecule has 1 N–H and O–H groups in total. The average Bonchev–Trinajstić information content (AvgIpc) is 3.14. The lowest BCUT2D eigenvalue weighted by molar-refractivity contribution is 0.207. The third-order valence-electron chi connectivity index (χ3n) is 4.41. The lowest BCUT2D eigenvalue weighted by Gasteiger charge is -2.18. The van der Waals surface area contributed by atoms with E-state index in [0.29, 0.717) is 18.6 Å². The molecule has 6 nitrogen and oxygen atoms in total. The van der Waals surface area contributed by atoms with Crippen LogP contribution in [0.4, 0.5) is 11.8 Å². The summed E-state index contributed by atoms with van der Waals surface area (Å²) in [5.41, 5.74) is 1.08.